The molecule has 1 saturated heterocycles. The maximum Gasteiger partial charge on any atom is 0.180 e. The Morgan fingerprint density at radius 2 is 2.33 bits per heavy atom. The van der Waals surface area contributed by atoms with Gasteiger partial charge in [0.2, 0.25) is 0 Å². The second kappa shape index (κ2) is 4.78. The Balaban J connectivity index is 1.88. The highest BCUT2D eigenvalue weighted by Gasteiger charge is 2.34. The maximum atomic E-state index is 4.46. The van der Waals surface area contributed by atoms with Gasteiger partial charge in [-0.2, -0.15) is 0 Å². The first-order chi connectivity index (χ1) is 10.3. The van der Waals surface area contributed by atoms with Crippen LogP contribution in [-0.2, 0) is 0 Å². The molecule has 0 bridgehead atoms. The highest BCUT2D eigenvalue weighted by molar-refractivity contribution is 5.74. The molecule has 0 aromatic carbocycles. The fourth-order valence-corrected chi connectivity index (χ4v) is 3.34. The number of nitrogens with one attached hydrogen (secondary N) is 2. The van der Waals surface area contributed by atoms with Crippen molar-refractivity contribution in [2.75, 3.05) is 20.1 Å². The second-order valence-corrected chi connectivity index (χ2v) is 5.55. The van der Waals surface area contributed by atoms with Crippen LogP contribution in [0, 0.1) is 0 Å². The highest BCUT2D eigenvalue weighted by atomic mass is 15.3. The molecule has 3 aromatic rings. The molecule has 7 nitrogen and oxygen atoms in total. The molecular weight excluding hydrogens is 266 g/mol. The lowest BCUT2D eigenvalue weighted by Gasteiger charge is -2.20. The number of likely N-dealkylation sites (tertiary alicyclic amines) is 1. The van der Waals surface area contributed by atoms with E-state index in [0.717, 1.165) is 42.1 Å². The van der Waals surface area contributed by atoms with E-state index in [2.05, 4.69) is 41.7 Å². The Morgan fingerprint density at radius 1 is 1.43 bits per heavy atom. The number of aromatic nitrogens is 5. The van der Waals surface area contributed by atoms with Gasteiger partial charge in [0.15, 0.2) is 17.1 Å². The predicted molar refractivity (Wildman–Crippen MR) is 80.1 cm³/mol. The molecule has 4 rings (SSSR count). The van der Waals surface area contributed by atoms with E-state index in [1.807, 2.05) is 19.3 Å². The van der Waals surface area contributed by atoms with E-state index < -0.39 is 0 Å². The molecule has 7 heteroatoms. The van der Waals surface area contributed by atoms with Gasteiger partial charge in [-0.15, -0.1) is 10.2 Å². The van der Waals surface area contributed by atoms with Crippen LogP contribution in [0.15, 0.2) is 18.5 Å². The zero-order valence-electron chi connectivity index (χ0n) is 12.2. The van der Waals surface area contributed by atoms with E-state index in [-0.39, 0.29) is 0 Å². The lowest BCUT2D eigenvalue weighted by Crippen LogP contribution is -2.30. The Hall–Kier alpha value is -1.99. The van der Waals surface area contributed by atoms with Crippen molar-refractivity contribution in [3.63, 3.8) is 0 Å². The van der Waals surface area contributed by atoms with Gasteiger partial charge in [0.25, 0.3) is 0 Å². The molecule has 4 heterocycles. The number of hydrogen-bond acceptors (Lipinski definition) is 5. The number of fused-ring (bicyclic) bond motifs is 3. The minimum Gasteiger partial charge on any atom is -0.345 e. The maximum absolute atomic E-state index is 4.46. The SMILES string of the molecule is CCN1C[C@H](NC)C[C@@H]1c1nnc2cnc3[nH]ccc3n12. The zero-order valence-corrected chi connectivity index (χ0v) is 12.2. The molecule has 0 aliphatic carbocycles. The molecule has 0 amide bonds. The van der Waals surface area contributed by atoms with Crippen LogP contribution < -0.4 is 5.32 Å². The predicted octanol–water partition coefficient (Wildman–Crippen LogP) is 0.960. The van der Waals surface area contributed by atoms with Gasteiger partial charge >= 0.3 is 0 Å². The van der Waals surface area contributed by atoms with Crippen LogP contribution in [0.2, 0.25) is 0 Å². The molecular formula is C14H19N7. The molecule has 0 saturated carbocycles. The van der Waals surface area contributed by atoms with Crippen LogP contribution in [0.1, 0.15) is 25.2 Å². The molecule has 0 radical (unpaired) electrons. The first-order valence-electron chi connectivity index (χ1n) is 7.40. The van der Waals surface area contributed by atoms with E-state index in [1.165, 1.54) is 0 Å². The van der Waals surface area contributed by atoms with Crippen molar-refractivity contribution in [2.45, 2.75) is 25.4 Å². The topological polar surface area (TPSA) is 74.1 Å². The molecule has 2 atom stereocenters. The smallest absolute Gasteiger partial charge is 0.180 e. The van der Waals surface area contributed by atoms with Crippen molar-refractivity contribution in [1.82, 2.24) is 34.8 Å². The van der Waals surface area contributed by atoms with Gasteiger partial charge in [-0.1, -0.05) is 6.92 Å². The van der Waals surface area contributed by atoms with Gasteiger partial charge in [-0.25, -0.2) is 4.98 Å². The molecule has 21 heavy (non-hydrogen) atoms. The lowest BCUT2D eigenvalue weighted by molar-refractivity contribution is 0.259. The number of hydrogen-bond donors (Lipinski definition) is 2. The van der Waals surface area contributed by atoms with Gasteiger partial charge in [0, 0.05) is 18.8 Å². The van der Waals surface area contributed by atoms with E-state index >= 15 is 0 Å². The number of H-pyrrole nitrogens is 1. The van der Waals surface area contributed by atoms with E-state index in [1.54, 1.807) is 6.20 Å². The van der Waals surface area contributed by atoms with Crippen LogP contribution >= 0.6 is 0 Å². The van der Waals surface area contributed by atoms with E-state index in [9.17, 15) is 0 Å². The van der Waals surface area contributed by atoms with Crippen molar-refractivity contribution in [2.24, 2.45) is 0 Å². The number of nitrogens with zero attached hydrogens (tertiary/aromatic N) is 5. The highest BCUT2D eigenvalue weighted by Crippen LogP contribution is 2.31. The molecule has 1 aliphatic heterocycles. The minimum absolute atomic E-state index is 0.294. The van der Waals surface area contributed by atoms with E-state index in [4.69, 9.17) is 0 Å². The molecule has 0 unspecified atom stereocenters. The van der Waals surface area contributed by atoms with Crippen molar-refractivity contribution in [3.05, 3.63) is 24.3 Å². The quantitative estimate of drug-likeness (QED) is 0.750. The van der Waals surface area contributed by atoms with Crippen molar-refractivity contribution in [1.29, 1.82) is 0 Å². The summed E-state index contributed by atoms with van der Waals surface area (Å²) in [5, 5.41) is 12.1. The van der Waals surface area contributed by atoms with Gasteiger partial charge in [0.1, 0.15) is 0 Å². The average Bonchev–Trinajstić information content (AvgIpc) is 3.22. The summed E-state index contributed by atoms with van der Waals surface area (Å²) in [5.41, 5.74) is 2.72. The molecule has 3 aromatic heterocycles. The lowest BCUT2D eigenvalue weighted by atomic mass is 10.1. The summed E-state index contributed by atoms with van der Waals surface area (Å²) in [6.07, 6.45) is 4.74. The third-order valence-electron chi connectivity index (χ3n) is 4.48. The van der Waals surface area contributed by atoms with E-state index in [0.29, 0.717) is 12.1 Å². The van der Waals surface area contributed by atoms with Crippen molar-refractivity contribution in [3.8, 4) is 0 Å². The normalized spacial score (nSPS) is 23.5. The van der Waals surface area contributed by atoms with Crippen LogP contribution in [0.25, 0.3) is 16.8 Å². The summed E-state index contributed by atoms with van der Waals surface area (Å²) < 4.78 is 2.13. The van der Waals surface area contributed by atoms with Gasteiger partial charge in [0.05, 0.1) is 17.8 Å². The number of likely N-dealkylation sites (N-methyl/N-ethyl adjacent to an activating group) is 2. The molecule has 0 spiro atoms. The Morgan fingerprint density at radius 3 is 3.14 bits per heavy atom. The van der Waals surface area contributed by atoms with Crippen LogP contribution in [-0.4, -0.2) is 55.6 Å². The van der Waals surface area contributed by atoms with Gasteiger partial charge in [-0.05, 0) is 26.1 Å². The summed E-state index contributed by atoms with van der Waals surface area (Å²) in [4.78, 5) is 9.98. The number of rotatable bonds is 3. The average molecular weight is 285 g/mol. The standard InChI is InChI=1S/C14H19N7/c1-3-20-8-9(15-2)6-11(20)14-19-18-12-7-17-13-10(21(12)14)4-5-16-13/h4-5,7,9,11,15-16H,3,6,8H2,1-2H3/t9-,11-/m1/s1. The summed E-state index contributed by atoms with van der Waals surface area (Å²) in [6, 6.07) is 2.83. The third-order valence-corrected chi connectivity index (χ3v) is 4.48. The van der Waals surface area contributed by atoms with Crippen LogP contribution in [0.4, 0.5) is 0 Å². The van der Waals surface area contributed by atoms with Gasteiger partial charge < -0.3 is 10.3 Å². The Bertz CT molecular complexity index is 774. The van der Waals surface area contributed by atoms with Crippen LogP contribution in [0.5, 0.6) is 0 Å². The Kier molecular flexibility index (Phi) is 2.90. The largest absolute Gasteiger partial charge is 0.345 e. The summed E-state index contributed by atoms with van der Waals surface area (Å²) >= 11 is 0. The monoisotopic (exact) mass is 285 g/mol. The zero-order chi connectivity index (χ0) is 14.4. The molecule has 110 valence electrons. The summed E-state index contributed by atoms with van der Waals surface area (Å²) in [7, 11) is 2.02. The van der Waals surface area contributed by atoms with Gasteiger partial charge in [-0.3, -0.25) is 9.30 Å². The molecule has 2 N–H and O–H groups in total. The van der Waals surface area contributed by atoms with Crippen molar-refractivity contribution < 1.29 is 0 Å². The third kappa shape index (κ3) is 1.85. The first-order valence-corrected chi connectivity index (χ1v) is 7.40. The Labute approximate surface area is 122 Å². The number of aromatic amines is 1. The molecule has 1 fully saturated rings. The van der Waals surface area contributed by atoms with Crippen molar-refractivity contribution >= 4 is 16.8 Å². The van der Waals surface area contributed by atoms with Crippen LogP contribution in [0.3, 0.4) is 0 Å². The fourth-order valence-electron chi connectivity index (χ4n) is 3.34. The molecule has 1 aliphatic rings. The second-order valence-electron chi connectivity index (χ2n) is 5.55. The minimum atomic E-state index is 0.294. The summed E-state index contributed by atoms with van der Waals surface area (Å²) in [5.74, 6) is 1.01. The summed E-state index contributed by atoms with van der Waals surface area (Å²) in [6.45, 7) is 4.26. The first kappa shape index (κ1) is 12.7. The fraction of sp³-hybridized carbons (Fsp3) is 0.500.